The first kappa shape index (κ1) is 13.8. The molecule has 0 aliphatic heterocycles. The molecular weight excluding hydrogens is 268 g/mol. The number of nitrogens with zero attached hydrogens (tertiary/aromatic N) is 2. The van der Waals surface area contributed by atoms with E-state index in [-0.39, 0.29) is 11.2 Å². The summed E-state index contributed by atoms with van der Waals surface area (Å²) in [6.45, 7) is 2.47. The zero-order valence-electron chi connectivity index (χ0n) is 11.9. The van der Waals surface area contributed by atoms with Crippen LogP contribution in [0, 0.1) is 16.0 Å². The van der Waals surface area contributed by atoms with Crippen LogP contribution < -0.4 is 11.1 Å². The lowest BCUT2D eigenvalue weighted by atomic mass is 9.95. The molecule has 0 saturated heterocycles. The summed E-state index contributed by atoms with van der Waals surface area (Å²) in [6, 6.07) is 7.42. The molecule has 1 aromatic heterocycles. The number of anilines is 1. The Morgan fingerprint density at radius 2 is 2.19 bits per heavy atom. The highest BCUT2D eigenvalue weighted by molar-refractivity contribution is 5.96. The molecule has 2 aromatic rings. The van der Waals surface area contributed by atoms with E-state index in [9.17, 15) is 10.1 Å². The SMILES string of the molecule is CC(CN)(Nc1c([N+](=O)[O-])cnc2ccccc12)C1CC1. The number of rotatable bonds is 5. The third-order valence-corrected chi connectivity index (χ3v) is 4.27. The number of para-hydroxylation sites is 1. The van der Waals surface area contributed by atoms with Gasteiger partial charge in [0.15, 0.2) is 0 Å². The number of hydrogen-bond donors (Lipinski definition) is 2. The number of aromatic nitrogens is 1. The predicted molar refractivity (Wildman–Crippen MR) is 82.2 cm³/mol. The summed E-state index contributed by atoms with van der Waals surface area (Å²) in [7, 11) is 0. The number of fused-ring (bicyclic) bond motifs is 1. The fourth-order valence-electron chi connectivity index (χ4n) is 2.73. The molecule has 110 valence electrons. The second-order valence-corrected chi connectivity index (χ2v) is 5.81. The fraction of sp³-hybridized carbons (Fsp3) is 0.400. The molecule has 3 rings (SSSR count). The van der Waals surface area contributed by atoms with Crippen molar-refractivity contribution in [1.82, 2.24) is 4.98 Å². The highest BCUT2D eigenvalue weighted by Crippen LogP contribution is 2.43. The number of benzene rings is 1. The predicted octanol–water partition coefficient (Wildman–Crippen LogP) is 2.68. The molecule has 1 atom stereocenters. The monoisotopic (exact) mass is 286 g/mol. The molecule has 1 aliphatic rings. The molecule has 0 amide bonds. The molecule has 0 bridgehead atoms. The molecule has 1 aliphatic carbocycles. The van der Waals surface area contributed by atoms with Gasteiger partial charge in [0.25, 0.3) is 0 Å². The van der Waals surface area contributed by atoms with Crippen LogP contribution in [0.4, 0.5) is 11.4 Å². The summed E-state index contributed by atoms with van der Waals surface area (Å²) in [5, 5.41) is 15.4. The van der Waals surface area contributed by atoms with Crippen molar-refractivity contribution >= 4 is 22.3 Å². The normalized spacial score (nSPS) is 17.4. The molecular formula is C15H18N4O2. The zero-order chi connectivity index (χ0) is 15.0. The lowest BCUT2D eigenvalue weighted by Crippen LogP contribution is -2.44. The first-order chi connectivity index (χ1) is 10.0. The van der Waals surface area contributed by atoms with Crippen molar-refractivity contribution < 1.29 is 4.92 Å². The average molecular weight is 286 g/mol. The van der Waals surface area contributed by atoms with Crippen molar-refractivity contribution in [3.63, 3.8) is 0 Å². The second kappa shape index (κ2) is 4.96. The summed E-state index contributed by atoms with van der Waals surface area (Å²) < 4.78 is 0. The van der Waals surface area contributed by atoms with Gasteiger partial charge < -0.3 is 11.1 Å². The van der Waals surface area contributed by atoms with Gasteiger partial charge in [0.05, 0.1) is 10.4 Å². The summed E-state index contributed by atoms with van der Waals surface area (Å²) in [6.07, 6.45) is 3.53. The van der Waals surface area contributed by atoms with E-state index in [0.717, 1.165) is 23.7 Å². The third kappa shape index (κ3) is 2.42. The maximum atomic E-state index is 11.3. The number of pyridine rings is 1. The molecule has 1 aromatic carbocycles. The van der Waals surface area contributed by atoms with Gasteiger partial charge in [-0.25, -0.2) is 4.98 Å². The van der Waals surface area contributed by atoms with Crippen molar-refractivity contribution in [1.29, 1.82) is 0 Å². The topological polar surface area (TPSA) is 94.1 Å². The van der Waals surface area contributed by atoms with E-state index in [4.69, 9.17) is 5.73 Å². The van der Waals surface area contributed by atoms with E-state index in [1.54, 1.807) is 0 Å². The Hall–Kier alpha value is -2.21. The standard InChI is InChI=1S/C15H18N4O2/c1-15(9-16,10-6-7-10)18-14-11-4-2-3-5-12(11)17-8-13(14)19(20)21/h2-5,8,10H,6-7,9,16H2,1H3,(H,17,18). The Kier molecular flexibility index (Phi) is 3.25. The van der Waals surface area contributed by atoms with Crippen LogP contribution in [-0.4, -0.2) is 22.0 Å². The minimum atomic E-state index is -0.397. The van der Waals surface area contributed by atoms with Crippen LogP contribution in [-0.2, 0) is 0 Å². The van der Waals surface area contributed by atoms with Crippen LogP contribution in [0.5, 0.6) is 0 Å². The Morgan fingerprint density at radius 3 is 2.81 bits per heavy atom. The Balaban J connectivity index is 2.14. The van der Waals surface area contributed by atoms with E-state index in [0.29, 0.717) is 18.2 Å². The number of nitrogens with one attached hydrogen (secondary N) is 1. The fourth-order valence-corrected chi connectivity index (χ4v) is 2.73. The van der Waals surface area contributed by atoms with Gasteiger partial charge in [0, 0.05) is 17.5 Å². The van der Waals surface area contributed by atoms with Gasteiger partial charge in [-0.2, -0.15) is 0 Å². The quantitative estimate of drug-likeness (QED) is 0.651. The maximum absolute atomic E-state index is 11.3. The number of nitro groups is 1. The largest absolute Gasteiger partial charge is 0.372 e. The average Bonchev–Trinajstić information content (AvgIpc) is 3.32. The molecule has 1 heterocycles. The smallest absolute Gasteiger partial charge is 0.311 e. The van der Waals surface area contributed by atoms with Crippen LogP contribution in [0.25, 0.3) is 10.9 Å². The van der Waals surface area contributed by atoms with Gasteiger partial charge in [0.2, 0.25) is 0 Å². The highest BCUT2D eigenvalue weighted by Gasteiger charge is 2.41. The lowest BCUT2D eigenvalue weighted by molar-refractivity contribution is -0.384. The maximum Gasteiger partial charge on any atom is 0.311 e. The van der Waals surface area contributed by atoms with Crippen molar-refractivity contribution in [3.05, 3.63) is 40.6 Å². The van der Waals surface area contributed by atoms with Gasteiger partial charge in [0.1, 0.15) is 11.9 Å². The van der Waals surface area contributed by atoms with Crippen LogP contribution in [0.3, 0.4) is 0 Å². The molecule has 21 heavy (non-hydrogen) atoms. The zero-order valence-corrected chi connectivity index (χ0v) is 11.9. The van der Waals surface area contributed by atoms with E-state index in [2.05, 4.69) is 10.3 Å². The van der Waals surface area contributed by atoms with Crippen LogP contribution in [0.2, 0.25) is 0 Å². The van der Waals surface area contributed by atoms with Gasteiger partial charge in [-0.3, -0.25) is 10.1 Å². The molecule has 6 nitrogen and oxygen atoms in total. The van der Waals surface area contributed by atoms with Crippen LogP contribution in [0.1, 0.15) is 19.8 Å². The van der Waals surface area contributed by atoms with Gasteiger partial charge >= 0.3 is 5.69 Å². The van der Waals surface area contributed by atoms with Gasteiger partial charge in [-0.1, -0.05) is 18.2 Å². The summed E-state index contributed by atoms with van der Waals surface area (Å²) in [5.41, 5.74) is 6.84. The number of nitrogens with two attached hydrogens (primary N) is 1. The van der Waals surface area contributed by atoms with E-state index < -0.39 is 4.92 Å². The van der Waals surface area contributed by atoms with Crippen molar-refractivity contribution in [2.75, 3.05) is 11.9 Å². The van der Waals surface area contributed by atoms with Gasteiger partial charge in [-0.15, -0.1) is 0 Å². The Morgan fingerprint density at radius 1 is 1.48 bits per heavy atom. The third-order valence-electron chi connectivity index (χ3n) is 4.27. The Bertz CT molecular complexity index is 699. The summed E-state index contributed by atoms with van der Waals surface area (Å²) >= 11 is 0. The highest BCUT2D eigenvalue weighted by atomic mass is 16.6. The van der Waals surface area contributed by atoms with Gasteiger partial charge in [-0.05, 0) is 31.7 Å². The van der Waals surface area contributed by atoms with Crippen molar-refractivity contribution in [3.8, 4) is 0 Å². The molecule has 3 N–H and O–H groups in total. The number of hydrogen-bond acceptors (Lipinski definition) is 5. The summed E-state index contributed by atoms with van der Waals surface area (Å²) in [5.74, 6) is 0.467. The lowest BCUT2D eigenvalue weighted by Gasteiger charge is -2.31. The Labute approximate surface area is 122 Å². The molecule has 1 fully saturated rings. The van der Waals surface area contributed by atoms with E-state index in [1.807, 2.05) is 31.2 Å². The van der Waals surface area contributed by atoms with Crippen molar-refractivity contribution in [2.24, 2.45) is 11.7 Å². The van der Waals surface area contributed by atoms with Crippen LogP contribution in [0.15, 0.2) is 30.5 Å². The first-order valence-electron chi connectivity index (χ1n) is 7.05. The van der Waals surface area contributed by atoms with E-state index in [1.165, 1.54) is 6.20 Å². The molecule has 6 heteroatoms. The minimum absolute atomic E-state index is 0.00553. The molecule has 0 spiro atoms. The first-order valence-corrected chi connectivity index (χ1v) is 7.05. The summed E-state index contributed by atoms with van der Waals surface area (Å²) in [4.78, 5) is 15.1. The second-order valence-electron chi connectivity index (χ2n) is 5.81. The van der Waals surface area contributed by atoms with Crippen molar-refractivity contribution in [2.45, 2.75) is 25.3 Å². The van der Waals surface area contributed by atoms with Crippen LogP contribution >= 0.6 is 0 Å². The molecule has 0 radical (unpaired) electrons. The molecule has 1 unspecified atom stereocenters. The molecule has 1 saturated carbocycles. The van der Waals surface area contributed by atoms with E-state index >= 15 is 0 Å². The minimum Gasteiger partial charge on any atom is -0.372 e.